The highest BCUT2D eigenvalue weighted by atomic mass is 35.5. The van der Waals surface area contributed by atoms with E-state index in [1.165, 1.54) is 31.0 Å². The zero-order valence-electron chi connectivity index (χ0n) is 24.7. The number of methoxy groups -OCH3 is 1. The lowest BCUT2D eigenvalue weighted by Gasteiger charge is -2.22. The van der Waals surface area contributed by atoms with Gasteiger partial charge in [-0.25, -0.2) is 22.0 Å². The van der Waals surface area contributed by atoms with E-state index in [4.69, 9.17) is 16.3 Å². The number of thiol groups is 1. The van der Waals surface area contributed by atoms with Crippen LogP contribution in [0.25, 0.3) is 16.6 Å². The number of nitrogens with zero attached hydrogens (tertiary/aromatic N) is 5. The molecule has 0 radical (unpaired) electrons. The van der Waals surface area contributed by atoms with Gasteiger partial charge in [-0.15, -0.1) is 0 Å². The first-order valence-electron chi connectivity index (χ1n) is 13.8. The molecule has 2 heterocycles. The van der Waals surface area contributed by atoms with Crippen molar-refractivity contribution in [1.82, 2.24) is 24.6 Å². The van der Waals surface area contributed by atoms with E-state index in [0.29, 0.717) is 18.2 Å². The number of carbonyl (C=O) groups is 1. The third kappa shape index (κ3) is 7.12. The van der Waals surface area contributed by atoms with Crippen LogP contribution in [0.3, 0.4) is 0 Å². The normalized spacial score (nSPS) is 12.0. The maximum absolute atomic E-state index is 14.0. The third-order valence-electron chi connectivity index (χ3n) is 7.25. The summed E-state index contributed by atoms with van der Waals surface area (Å²) in [6, 6.07) is 11.9. The Bertz CT molecular complexity index is 2090. The van der Waals surface area contributed by atoms with Crippen molar-refractivity contribution < 1.29 is 36.9 Å². The predicted molar refractivity (Wildman–Crippen MR) is 169 cm³/mol. The molecule has 0 aliphatic rings. The summed E-state index contributed by atoms with van der Waals surface area (Å²) in [6.45, 7) is -0.0154. The molecule has 0 aliphatic carbocycles. The second-order valence-electron chi connectivity index (χ2n) is 10.3. The van der Waals surface area contributed by atoms with Crippen LogP contribution in [-0.4, -0.2) is 57.7 Å². The van der Waals surface area contributed by atoms with Crippen LogP contribution in [-0.2, 0) is 30.8 Å². The molecule has 1 atom stereocenters. The number of benzene rings is 3. The first-order valence-corrected chi connectivity index (χ1v) is 15.3. The number of ether oxygens (including phenoxy) is 1. The van der Waals surface area contributed by atoms with Gasteiger partial charge in [0, 0.05) is 26.1 Å². The van der Waals surface area contributed by atoms with Crippen molar-refractivity contribution in [2.24, 2.45) is 7.05 Å². The summed E-state index contributed by atoms with van der Waals surface area (Å²) in [5.74, 6) is -2.29. The van der Waals surface area contributed by atoms with Gasteiger partial charge < -0.3 is 20.3 Å². The van der Waals surface area contributed by atoms with Crippen LogP contribution in [0.1, 0.15) is 23.0 Å². The lowest BCUT2D eigenvalue weighted by atomic mass is 10.0. The Labute approximate surface area is 272 Å². The van der Waals surface area contributed by atoms with Crippen LogP contribution in [0.2, 0.25) is 5.02 Å². The van der Waals surface area contributed by atoms with E-state index >= 15 is 0 Å². The topological polar surface area (TPSA) is 169 Å². The maximum Gasteiger partial charge on any atom is 0.405 e. The quantitative estimate of drug-likeness (QED) is 0.151. The summed E-state index contributed by atoms with van der Waals surface area (Å²) in [5, 5.41) is 26.8. The minimum atomic E-state index is -3.23. The van der Waals surface area contributed by atoms with Crippen molar-refractivity contribution in [3.63, 3.8) is 0 Å². The van der Waals surface area contributed by atoms with E-state index in [2.05, 4.69) is 15.4 Å². The first-order chi connectivity index (χ1) is 22.4. The number of anilines is 1. The first kappa shape index (κ1) is 33.2. The standard InChI is InChI=1S/C30H27ClF2N6O7S/c1-37-27-23(8-7-21(31)26(27)29(36-37)38(47(44)45)10-9-16-3-5-20(46-2)6-4-16)39-25(41)15-24(40)35-28(39)22(34-30(42)43)13-17-11-18(32)14-19(33)12-17/h3-8,11-12,14-15,22,34,40,47H,9-10,13H2,1-2H3,(H,42,43). The van der Waals surface area contributed by atoms with Crippen molar-refractivity contribution in [3.05, 3.63) is 105 Å². The Hall–Kier alpha value is -5.22. The van der Waals surface area contributed by atoms with Crippen molar-refractivity contribution in [2.45, 2.75) is 18.9 Å². The molecular formula is C30H27ClF2N6O7S. The largest absolute Gasteiger partial charge is 0.497 e. The van der Waals surface area contributed by atoms with Gasteiger partial charge in [-0.05, 0) is 53.9 Å². The molecule has 5 rings (SSSR count). The second-order valence-corrected chi connectivity index (χ2v) is 11.7. The molecule has 0 bridgehead atoms. The summed E-state index contributed by atoms with van der Waals surface area (Å²) in [5.41, 5.74) is 0.215. The molecule has 17 heteroatoms. The van der Waals surface area contributed by atoms with E-state index in [1.54, 1.807) is 24.3 Å². The molecule has 2 aromatic heterocycles. The predicted octanol–water partition coefficient (Wildman–Crippen LogP) is 3.89. The fourth-order valence-corrected chi connectivity index (χ4v) is 6.07. The lowest BCUT2D eigenvalue weighted by molar-refractivity contribution is 0.189. The second kappa shape index (κ2) is 13.6. The number of aromatic hydroxyl groups is 1. The van der Waals surface area contributed by atoms with Crippen molar-refractivity contribution in [1.29, 1.82) is 0 Å². The minimum absolute atomic E-state index is 0.0154. The van der Waals surface area contributed by atoms with Gasteiger partial charge in [-0.3, -0.25) is 18.3 Å². The van der Waals surface area contributed by atoms with Crippen molar-refractivity contribution in [3.8, 4) is 17.3 Å². The SMILES string of the molecule is COc1ccc(CCN(c2nn(C)c3c(-n4c(C(Cc5cc(F)cc(F)c5)NC(=O)O)nc(O)cc4=O)ccc(Cl)c23)[SH](=O)=O)cc1. The molecule has 246 valence electrons. The Balaban J connectivity index is 1.66. The number of hydrogen-bond acceptors (Lipinski definition) is 8. The Morgan fingerprint density at radius 2 is 1.77 bits per heavy atom. The molecule has 1 unspecified atom stereocenters. The summed E-state index contributed by atoms with van der Waals surface area (Å²) in [4.78, 5) is 29.4. The van der Waals surface area contributed by atoms with E-state index < -0.39 is 46.1 Å². The number of carboxylic acid groups (broad SMARTS) is 1. The smallest absolute Gasteiger partial charge is 0.405 e. The van der Waals surface area contributed by atoms with Gasteiger partial charge in [0.25, 0.3) is 5.56 Å². The van der Waals surface area contributed by atoms with Crippen LogP contribution in [0.15, 0.2) is 65.5 Å². The maximum atomic E-state index is 14.0. The molecule has 47 heavy (non-hydrogen) atoms. The minimum Gasteiger partial charge on any atom is -0.497 e. The number of hydrogen-bond donors (Lipinski definition) is 4. The number of aromatic nitrogens is 4. The molecule has 3 N–H and O–H groups in total. The van der Waals surface area contributed by atoms with Gasteiger partial charge >= 0.3 is 6.09 Å². The van der Waals surface area contributed by atoms with Crippen LogP contribution in [0, 0.1) is 11.6 Å². The number of amides is 1. The highest BCUT2D eigenvalue weighted by Crippen LogP contribution is 2.37. The molecule has 13 nitrogen and oxygen atoms in total. The van der Waals surface area contributed by atoms with Crippen molar-refractivity contribution in [2.75, 3.05) is 18.0 Å². The number of halogens is 3. The summed E-state index contributed by atoms with van der Waals surface area (Å²) in [7, 11) is -0.206. The van der Waals surface area contributed by atoms with Gasteiger partial charge in [-0.1, -0.05) is 23.7 Å². The van der Waals surface area contributed by atoms with Crippen LogP contribution < -0.4 is 19.9 Å². The zero-order valence-corrected chi connectivity index (χ0v) is 26.4. The average Bonchev–Trinajstić information content (AvgIpc) is 3.34. The van der Waals surface area contributed by atoms with Gasteiger partial charge in [0.15, 0.2) is 5.82 Å². The van der Waals surface area contributed by atoms with E-state index in [9.17, 15) is 37.0 Å². The molecule has 0 spiro atoms. The van der Waals surface area contributed by atoms with E-state index in [1.807, 2.05) is 0 Å². The fraction of sp³-hybridized carbons (Fsp3) is 0.200. The third-order valence-corrected chi connectivity index (χ3v) is 8.35. The van der Waals surface area contributed by atoms with E-state index in [0.717, 1.165) is 32.6 Å². The lowest BCUT2D eigenvalue weighted by Crippen LogP contribution is -2.34. The molecule has 0 saturated carbocycles. The molecular weight excluding hydrogens is 662 g/mol. The number of aryl methyl sites for hydroxylation is 1. The molecule has 5 aromatic rings. The molecule has 1 amide bonds. The Kier molecular flexibility index (Phi) is 9.62. The summed E-state index contributed by atoms with van der Waals surface area (Å²) in [6.07, 6.45) is -1.62. The molecule has 0 fully saturated rings. The van der Waals surface area contributed by atoms with Gasteiger partial charge in [0.2, 0.25) is 16.8 Å². The van der Waals surface area contributed by atoms with Crippen LogP contribution in [0.5, 0.6) is 11.6 Å². The Morgan fingerprint density at radius 1 is 1.09 bits per heavy atom. The fourth-order valence-electron chi connectivity index (χ4n) is 5.27. The monoisotopic (exact) mass is 688 g/mol. The van der Waals surface area contributed by atoms with Gasteiger partial charge in [0.1, 0.15) is 23.2 Å². The van der Waals surface area contributed by atoms with E-state index in [-0.39, 0.29) is 51.8 Å². The average molecular weight is 689 g/mol. The number of fused-ring (bicyclic) bond motifs is 1. The number of nitrogens with one attached hydrogen (secondary N) is 1. The van der Waals surface area contributed by atoms with Crippen LogP contribution >= 0.6 is 11.6 Å². The number of rotatable bonds is 11. The van der Waals surface area contributed by atoms with Crippen molar-refractivity contribution >= 4 is 45.3 Å². The summed E-state index contributed by atoms with van der Waals surface area (Å²) < 4.78 is 61.6. The zero-order chi connectivity index (χ0) is 34.0. The summed E-state index contributed by atoms with van der Waals surface area (Å²) >= 11 is 6.61. The highest BCUT2D eigenvalue weighted by Gasteiger charge is 2.28. The highest BCUT2D eigenvalue weighted by molar-refractivity contribution is 7.74. The molecule has 3 aromatic carbocycles. The van der Waals surface area contributed by atoms with Gasteiger partial charge in [-0.2, -0.15) is 10.1 Å². The van der Waals surface area contributed by atoms with Crippen LogP contribution in [0.4, 0.5) is 19.4 Å². The Morgan fingerprint density at radius 3 is 2.38 bits per heavy atom. The molecule has 0 saturated heterocycles. The van der Waals surface area contributed by atoms with Gasteiger partial charge in [0.05, 0.1) is 40.8 Å². The molecule has 0 aliphatic heterocycles.